The fraction of sp³-hybridized carbons (Fsp3) is 0.550. The van der Waals surface area contributed by atoms with Crippen molar-refractivity contribution < 1.29 is 4.74 Å². The summed E-state index contributed by atoms with van der Waals surface area (Å²) in [5, 5.41) is 0. The Balaban J connectivity index is 1.28. The molecule has 41 heavy (non-hydrogen) atoms. The number of hydrogen-bond donors (Lipinski definition) is 0. The lowest BCUT2D eigenvalue weighted by molar-refractivity contribution is 0.206. The largest absolute Gasteiger partial charge is 0.491 e. The van der Waals surface area contributed by atoms with Crippen LogP contribution < -0.4 is 4.74 Å². The molecule has 0 radical (unpaired) electrons. The van der Waals surface area contributed by atoms with E-state index in [4.69, 9.17) is 4.74 Å². The van der Waals surface area contributed by atoms with Crippen LogP contribution in [-0.4, -0.2) is 6.10 Å². The van der Waals surface area contributed by atoms with Gasteiger partial charge in [-0.2, -0.15) is 0 Å². The summed E-state index contributed by atoms with van der Waals surface area (Å²) in [5.41, 5.74) is 8.04. The Bertz CT molecular complexity index is 1130. The number of unbranched alkanes of at least 4 members (excludes halogenated alkanes) is 7. The highest BCUT2D eigenvalue weighted by atomic mass is 16.5. The third kappa shape index (κ3) is 9.76. The molecule has 1 unspecified atom stereocenters. The van der Waals surface area contributed by atoms with E-state index >= 15 is 0 Å². The Morgan fingerprint density at radius 2 is 1.27 bits per heavy atom. The van der Waals surface area contributed by atoms with Crippen molar-refractivity contribution in [3.8, 4) is 28.0 Å². The van der Waals surface area contributed by atoms with Crippen LogP contribution >= 0.6 is 0 Å². The van der Waals surface area contributed by atoms with Crippen molar-refractivity contribution in [1.29, 1.82) is 0 Å². The molecule has 1 aliphatic rings. The molecule has 0 N–H and O–H groups in total. The maximum atomic E-state index is 6.18. The summed E-state index contributed by atoms with van der Waals surface area (Å²) in [6.07, 6.45) is 20.7. The zero-order valence-corrected chi connectivity index (χ0v) is 26.6. The van der Waals surface area contributed by atoms with E-state index < -0.39 is 0 Å². The molecule has 1 nitrogen and oxygen atoms in total. The Kier molecular flexibility index (Phi) is 12.9. The van der Waals surface area contributed by atoms with Crippen molar-refractivity contribution in [1.82, 2.24) is 0 Å². The first kappa shape index (κ1) is 31.4. The van der Waals surface area contributed by atoms with E-state index in [0.29, 0.717) is 0 Å². The molecule has 0 heterocycles. The van der Waals surface area contributed by atoms with Gasteiger partial charge in [0.1, 0.15) is 5.75 Å². The molecule has 3 aromatic carbocycles. The van der Waals surface area contributed by atoms with Crippen molar-refractivity contribution in [3.63, 3.8) is 0 Å². The molecule has 1 atom stereocenters. The van der Waals surface area contributed by atoms with Gasteiger partial charge in [0.25, 0.3) is 0 Å². The quantitative estimate of drug-likeness (QED) is 0.161. The minimum absolute atomic E-state index is 0.269. The molecular formula is C40H56O. The number of ether oxygens (including phenoxy) is 1. The van der Waals surface area contributed by atoms with Gasteiger partial charge in [-0.25, -0.2) is 0 Å². The van der Waals surface area contributed by atoms with Crippen molar-refractivity contribution >= 4 is 0 Å². The van der Waals surface area contributed by atoms with Gasteiger partial charge in [-0.05, 0) is 110 Å². The summed E-state index contributed by atoms with van der Waals surface area (Å²) in [4.78, 5) is 0. The van der Waals surface area contributed by atoms with Crippen LogP contribution in [0.3, 0.4) is 0 Å². The lowest BCUT2D eigenvalue weighted by Crippen LogP contribution is -2.13. The topological polar surface area (TPSA) is 9.23 Å². The Morgan fingerprint density at radius 3 is 1.93 bits per heavy atom. The van der Waals surface area contributed by atoms with E-state index in [2.05, 4.69) is 94.4 Å². The van der Waals surface area contributed by atoms with Gasteiger partial charge in [-0.1, -0.05) is 126 Å². The number of hydrogen-bond acceptors (Lipinski definition) is 1. The van der Waals surface area contributed by atoms with E-state index in [-0.39, 0.29) is 6.10 Å². The van der Waals surface area contributed by atoms with E-state index in [0.717, 1.165) is 24.0 Å². The van der Waals surface area contributed by atoms with Gasteiger partial charge in [0.05, 0.1) is 6.10 Å². The van der Waals surface area contributed by atoms with Gasteiger partial charge in [0.15, 0.2) is 0 Å². The molecule has 0 bridgehead atoms. The molecule has 0 spiro atoms. The van der Waals surface area contributed by atoms with Crippen molar-refractivity contribution in [2.45, 2.75) is 136 Å². The molecule has 1 fully saturated rings. The van der Waals surface area contributed by atoms with E-state index in [1.807, 2.05) is 0 Å². The Labute approximate surface area is 252 Å². The van der Waals surface area contributed by atoms with Crippen LogP contribution in [0, 0.1) is 12.8 Å². The first-order valence-corrected chi connectivity index (χ1v) is 17.1. The van der Waals surface area contributed by atoms with E-state index in [1.165, 1.54) is 118 Å². The number of aryl methyl sites for hydroxylation is 1. The zero-order chi connectivity index (χ0) is 28.9. The van der Waals surface area contributed by atoms with Gasteiger partial charge in [-0.3, -0.25) is 0 Å². The van der Waals surface area contributed by atoms with E-state index in [9.17, 15) is 0 Å². The van der Waals surface area contributed by atoms with Gasteiger partial charge >= 0.3 is 0 Å². The molecule has 1 aliphatic carbocycles. The highest BCUT2D eigenvalue weighted by molar-refractivity contribution is 5.74. The minimum Gasteiger partial charge on any atom is -0.491 e. The molecule has 3 aromatic rings. The smallest absolute Gasteiger partial charge is 0.119 e. The first-order chi connectivity index (χ1) is 20.1. The summed E-state index contributed by atoms with van der Waals surface area (Å²) in [5.74, 6) is 2.70. The normalized spacial score (nSPS) is 17.9. The molecule has 1 saturated carbocycles. The monoisotopic (exact) mass is 552 g/mol. The van der Waals surface area contributed by atoms with Crippen LogP contribution in [0.4, 0.5) is 0 Å². The SMILES string of the molecule is CCCCCCCC1CCC(c2ccc(-c3ccc(-c4ccc(OC(C)CCCCCC)cc4)c(C)c3)cc2)CC1. The summed E-state index contributed by atoms with van der Waals surface area (Å²) in [7, 11) is 0. The minimum atomic E-state index is 0.269. The third-order valence-corrected chi connectivity index (χ3v) is 9.47. The molecule has 0 aromatic heterocycles. The molecule has 0 amide bonds. The average molecular weight is 553 g/mol. The molecule has 0 saturated heterocycles. The Morgan fingerprint density at radius 1 is 0.659 bits per heavy atom. The summed E-state index contributed by atoms with van der Waals surface area (Å²) in [6.45, 7) is 8.99. The van der Waals surface area contributed by atoms with Gasteiger partial charge in [-0.15, -0.1) is 0 Å². The second-order valence-electron chi connectivity index (χ2n) is 12.9. The number of benzene rings is 3. The first-order valence-electron chi connectivity index (χ1n) is 17.1. The standard InChI is InChI=1S/C40H56O/c1-5-7-9-11-13-15-33-16-18-34(19-17-33)35-20-22-36(23-21-35)38-26-29-40(31(3)30-38)37-24-27-39(28-25-37)41-32(4)14-12-10-8-6-2/h20-30,32-34H,5-19H2,1-4H3. The third-order valence-electron chi connectivity index (χ3n) is 9.47. The molecule has 222 valence electrons. The van der Waals surface area contributed by atoms with Crippen LogP contribution in [0.2, 0.25) is 0 Å². The summed E-state index contributed by atoms with van der Waals surface area (Å²) >= 11 is 0. The fourth-order valence-corrected chi connectivity index (χ4v) is 6.80. The second-order valence-corrected chi connectivity index (χ2v) is 12.9. The van der Waals surface area contributed by atoms with E-state index in [1.54, 1.807) is 5.56 Å². The predicted octanol–water partition coefficient (Wildman–Crippen LogP) is 12.7. The molecule has 0 aliphatic heterocycles. The second kappa shape index (κ2) is 16.8. The van der Waals surface area contributed by atoms with Crippen LogP contribution in [0.15, 0.2) is 66.7 Å². The highest BCUT2D eigenvalue weighted by Crippen LogP contribution is 2.38. The maximum Gasteiger partial charge on any atom is 0.119 e. The Hall–Kier alpha value is -2.54. The summed E-state index contributed by atoms with van der Waals surface area (Å²) in [6, 6.07) is 25.1. The molecular weight excluding hydrogens is 496 g/mol. The zero-order valence-electron chi connectivity index (χ0n) is 26.6. The van der Waals surface area contributed by atoms with Crippen LogP contribution in [0.5, 0.6) is 5.75 Å². The summed E-state index contributed by atoms with van der Waals surface area (Å²) < 4.78 is 6.18. The lowest BCUT2D eigenvalue weighted by atomic mass is 9.77. The van der Waals surface area contributed by atoms with Crippen molar-refractivity contribution in [2.75, 3.05) is 0 Å². The van der Waals surface area contributed by atoms with Gasteiger partial charge < -0.3 is 4.74 Å². The van der Waals surface area contributed by atoms with Crippen LogP contribution in [-0.2, 0) is 0 Å². The average Bonchev–Trinajstić information content (AvgIpc) is 3.00. The van der Waals surface area contributed by atoms with Gasteiger partial charge in [0, 0.05) is 0 Å². The predicted molar refractivity (Wildman–Crippen MR) is 179 cm³/mol. The van der Waals surface area contributed by atoms with Crippen molar-refractivity contribution in [3.05, 3.63) is 77.9 Å². The number of rotatable bonds is 16. The van der Waals surface area contributed by atoms with Gasteiger partial charge in [0.2, 0.25) is 0 Å². The van der Waals surface area contributed by atoms with Crippen LogP contribution in [0.1, 0.15) is 134 Å². The maximum absolute atomic E-state index is 6.18. The van der Waals surface area contributed by atoms with Crippen molar-refractivity contribution in [2.24, 2.45) is 5.92 Å². The fourth-order valence-electron chi connectivity index (χ4n) is 6.80. The molecule has 1 heteroatoms. The highest BCUT2D eigenvalue weighted by Gasteiger charge is 2.22. The van der Waals surface area contributed by atoms with Crippen LogP contribution in [0.25, 0.3) is 22.3 Å². The lowest BCUT2D eigenvalue weighted by Gasteiger charge is -2.29. The molecule has 4 rings (SSSR count).